The molecule has 0 bridgehead atoms. The van der Waals surface area contributed by atoms with Crippen molar-refractivity contribution in [2.24, 2.45) is 5.84 Å². The van der Waals surface area contributed by atoms with Gasteiger partial charge < -0.3 is 5.43 Å². The number of pyridine rings is 1. The predicted octanol–water partition coefficient (Wildman–Crippen LogP) is 3.19. The zero-order valence-electron chi connectivity index (χ0n) is 9.76. The van der Waals surface area contributed by atoms with E-state index in [1.807, 2.05) is 0 Å². The molecule has 3 N–H and O–H groups in total. The van der Waals surface area contributed by atoms with E-state index in [-0.39, 0.29) is 0 Å². The fourth-order valence-corrected chi connectivity index (χ4v) is 2.82. The maximum absolute atomic E-state index is 13.9. The second kappa shape index (κ2) is 4.37. The molecule has 0 spiro atoms. The molecule has 0 unspecified atom stereocenters. The van der Waals surface area contributed by atoms with Crippen LogP contribution in [0.15, 0.2) is 12.1 Å². The van der Waals surface area contributed by atoms with E-state index in [0.29, 0.717) is 15.9 Å². The SMILES string of the molecule is NNc1c2c(nc3c(F)cc(Cl)cc13)CCCC2. The molecule has 1 aromatic heterocycles. The Balaban J connectivity index is 2.40. The van der Waals surface area contributed by atoms with Crippen molar-refractivity contribution in [1.29, 1.82) is 0 Å². The first-order valence-corrected chi connectivity index (χ1v) is 6.35. The van der Waals surface area contributed by atoms with Gasteiger partial charge in [0.05, 0.1) is 5.69 Å². The first-order valence-electron chi connectivity index (χ1n) is 5.98. The summed E-state index contributed by atoms with van der Waals surface area (Å²) in [7, 11) is 0. The van der Waals surface area contributed by atoms with Gasteiger partial charge in [-0.1, -0.05) is 11.6 Å². The summed E-state index contributed by atoms with van der Waals surface area (Å²) in [5.41, 5.74) is 5.83. The van der Waals surface area contributed by atoms with Crippen molar-refractivity contribution < 1.29 is 4.39 Å². The van der Waals surface area contributed by atoms with Crippen LogP contribution in [0.2, 0.25) is 5.02 Å². The van der Waals surface area contributed by atoms with Crippen LogP contribution in [0.3, 0.4) is 0 Å². The van der Waals surface area contributed by atoms with Gasteiger partial charge in [0.2, 0.25) is 0 Å². The molecule has 0 saturated heterocycles. The lowest BCUT2D eigenvalue weighted by Crippen LogP contribution is -2.15. The molecule has 0 saturated carbocycles. The third-order valence-electron chi connectivity index (χ3n) is 3.43. The highest BCUT2D eigenvalue weighted by Crippen LogP contribution is 2.35. The van der Waals surface area contributed by atoms with Crippen LogP contribution < -0.4 is 11.3 Å². The number of nitrogens with one attached hydrogen (secondary N) is 1. The molecule has 5 heteroatoms. The topological polar surface area (TPSA) is 50.9 Å². The van der Waals surface area contributed by atoms with E-state index in [9.17, 15) is 4.39 Å². The molecule has 0 atom stereocenters. The Morgan fingerprint density at radius 1 is 1.28 bits per heavy atom. The summed E-state index contributed by atoms with van der Waals surface area (Å²) in [5, 5.41) is 1.01. The van der Waals surface area contributed by atoms with Crippen LogP contribution in [0.5, 0.6) is 0 Å². The molecule has 3 rings (SSSR count). The Kier molecular flexibility index (Phi) is 2.84. The highest BCUT2D eigenvalue weighted by Gasteiger charge is 2.19. The molecule has 1 aliphatic rings. The summed E-state index contributed by atoms with van der Waals surface area (Å²) in [5.74, 6) is 5.20. The molecule has 0 aliphatic heterocycles. The number of hydrogen-bond acceptors (Lipinski definition) is 3. The number of nitrogen functional groups attached to an aromatic ring is 1. The van der Waals surface area contributed by atoms with Crippen LogP contribution in [-0.4, -0.2) is 4.98 Å². The summed E-state index contributed by atoms with van der Waals surface area (Å²) >= 11 is 5.90. The number of aryl methyl sites for hydroxylation is 1. The number of aromatic nitrogens is 1. The van der Waals surface area contributed by atoms with Crippen LogP contribution in [0.4, 0.5) is 10.1 Å². The van der Waals surface area contributed by atoms with E-state index in [4.69, 9.17) is 17.4 Å². The first kappa shape index (κ1) is 11.7. The van der Waals surface area contributed by atoms with Crippen molar-refractivity contribution in [2.75, 3.05) is 5.43 Å². The third kappa shape index (κ3) is 1.72. The smallest absolute Gasteiger partial charge is 0.150 e. The lowest BCUT2D eigenvalue weighted by molar-refractivity contribution is 0.632. The van der Waals surface area contributed by atoms with Crippen LogP contribution in [-0.2, 0) is 12.8 Å². The average molecular weight is 266 g/mol. The van der Waals surface area contributed by atoms with Gasteiger partial charge in [0, 0.05) is 16.1 Å². The maximum atomic E-state index is 13.9. The second-order valence-corrected chi connectivity index (χ2v) is 4.98. The molecule has 1 aliphatic carbocycles. The molecule has 3 nitrogen and oxygen atoms in total. The average Bonchev–Trinajstić information content (AvgIpc) is 2.36. The van der Waals surface area contributed by atoms with Crippen molar-refractivity contribution >= 4 is 28.2 Å². The van der Waals surface area contributed by atoms with Gasteiger partial charge in [-0.15, -0.1) is 0 Å². The zero-order chi connectivity index (χ0) is 12.7. The van der Waals surface area contributed by atoms with Gasteiger partial charge in [0.1, 0.15) is 5.52 Å². The summed E-state index contributed by atoms with van der Waals surface area (Å²) in [6, 6.07) is 2.99. The fraction of sp³-hybridized carbons (Fsp3) is 0.308. The van der Waals surface area contributed by atoms with Gasteiger partial charge in [-0.05, 0) is 43.4 Å². The lowest BCUT2D eigenvalue weighted by atomic mass is 9.93. The Labute approximate surface area is 109 Å². The summed E-state index contributed by atoms with van der Waals surface area (Å²) in [6.07, 6.45) is 4.00. The van der Waals surface area contributed by atoms with Crippen LogP contribution in [0.1, 0.15) is 24.1 Å². The van der Waals surface area contributed by atoms with E-state index in [1.54, 1.807) is 6.07 Å². The van der Waals surface area contributed by atoms with Gasteiger partial charge in [-0.2, -0.15) is 0 Å². The lowest BCUT2D eigenvalue weighted by Gasteiger charge is -2.20. The molecular weight excluding hydrogens is 253 g/mol. The molecule has 94 valence electrons. The Hall–Kier alpha value is -1.39. The summed E-state index contributed by atoms with van der Waals surface area (Å²) in [6.45, 7) is 0. The number of fused-ring (bicyclic) bond motifs is 2. The number of nitrogens with two attached hydrogens (primary N) is 1. The first-order chi connectivity index (χ1) is 8.70. The Morgan fingerprint density at radius 3 is 2.83 bits per heavy atom. The van der Waals surface area contributed by atoms with Crippen molar-refractivity contribution in [1.82, 2.24) is 4.98 Å². The Morgan fingerprint density at radius 2 is 2.06 bits per heavy atom. The monoisotopic (exact) mass is 265 g/mol. The van der Waals surface area contributed by atoms with E-state index < -0.39 is 5.82 Å². The summed E-state index contributed by atoms with van der Waals surface area (Å²) in [4.78, 5) is 4.44. The molecule has 0 amide bonds. The van der Waals surface area contributed by atoms with Gasteiger partial charge in [0.25, 0.3) is 0 Å². The number of halogens is 2. The second-order valence-electron chi connectivity index (χ2n) is 4.55. The quantitative estimate of drug-likeness (QED) is 0.615. The standard InChI is InChI=1S/C13H13ClFN3/c14-7-5-9-12(18-16)8-3-1-2-4-11(8)17-13(9)10(15)6-7/h5-6H,1-4,16H2,(H,17,18). The molecule has 1 aromatic carbocycles. The summed E-state index contributed by atoms with van der Waals surface area (Å²) < 4.78 is 13.9. The molecule has 1 heterocycles. The largest absolute Gasteiger partial charge is 0.323 e. The van der Waals surface area contributed by atoms with Gasteiger partial charge in [-0.3, -0.25) is 5.84 Å². The number of rotatable bonds is 1. The molecule has 0 radical (unpaired) electrons. The number of anilines is 1. The molecule has 18 heavy (non-hydrogen) atoms. The molecule has 2 aromatic rings. The normalized spacial score (nSPS) is 14.6. The molecular formula is C13H13ClFN3. The number of hydrogen-bond donors (Lipinski definition) is 2. The van der Waals surface area contributed by atoms with Crippen molar-refractivity contribution in [3.05, 3.63) is 34.2 Å². The highest BCUT2D eigenvalue weighted by molar-refractivity contribution is 6.31. The van der Waals surface area contributed by atoms with E-state index in [1.165, 1.54) is 6.07 Å². The zero-order valence-corrected chi connectivity index (χ0v) is 10.5. The van der Waals surface area contributed by atoms with Gasteiger partial charge in [0.15, 0.2) is 5.82 Å². The van der Waals surface area contributed by atoms with Gasteiger partial charge in [-0.25, -0.2) is 9.37 Å². The van der Waals surface area contributed by atoms with Crippen molar-refractivity contribution in [2.45, 2.75) is 25.7 Å². The van der Waals surface area contributed by atoms with Crippen molar-refractivity contribution in [3.63, 3.8) is 0 Å². The van der Waals surface area contributed by atoms with E-state index >= 15 is 0 Å². The van der Waals surface area contributed by atoms with Crippen LogP contribution >= 0.6 is 11.6 Å². The minimum absolute atomic E-state index is 0.341. The minimum atomic E-state index is -0.401. The minimum Gasteiger partial charge on any atom is -0.323 e. The van der Waals surface area contributed by atoms with Crippen molar-refractivity contribution in [3.8, 4) is 0 Å². The van der Waals surface area contributed by atoms with E-state index in [2.05, 4.69) is 10.4 Å². The Bertz CT molecular complexity index is 627. The fourth-order valence-electron chi connectivity index (χ4n) is 2.61. The maximum Gasteiger partial charge on any atom is 0.150 e. The van der Waals surface area contributed by atoms with Crippen LogP contribution in [0, 0.1) is 5.82 Å². The number of hydrazine groups is 1. The van der Waals surface area contributed by atoms with E-state index in [0.717, 1.165) is 42.6 Å². The van der Waals surface area contributed by atoms with Crippen LogP contribution in [0.25, 0.3) is 10.9 Å². The highest BCUT2D eigenvalue weighted by atomic mass is 35.5. The molecule has 0 fully saturated rings. The predicted molar refractivity (Wildman–Crippen MR) is 71.2 cm³/mol. The number of nitrogens with zero attached hydrogens (tertiary/aromatic N) is 1. The third-order valence-corrected chi connectivity index (χ3v) is 3.65. The number of benzene rings is 1. The van der Waals surface area contributed by atoms with Gasteiger partial charge >= 0.3 is 0 Å².